The molecule has 0 saturated carbocycles. The van der Waals surface area contributed by atoms with Crippen LogP contribution in [0.2, 0.25) is 0 Å². The second kappa shape index (κ2) is 11.5. The largest absolute Gasteiger partial charge is 0.507 e. The molecule has 0 aliphatic carbocycles. The van der Waals surface area contributed by atoms with Gasteiger partial charge in [0.05, 0.1) is 33.4 Å². The van der Waals surface area contributed by atoms with E-state index in [4.69, 9.17) is 18.9 Å². The maximum atomic E-state index is 12.6. The summed E-state index contributed by atoms with van der Waals surface area (Å²) in [5.41, 5.74) is 0.712. The van der Waals surface area contributed by atoms with Crippen LogP contribution < -0.4 is 29.6 Å². The van der Waals surface area contributed by atoms with Crippen molar-refractivity contribution in [3.63, 3.8) is 0 Å². The zero-order valence-corrected chi connectivity index (χ0v) is 19.1. The van der Waals surface area contributed by atoms with Crippen LogP contribution in [0, 0.1) is 0 Å². The van der Waals surface area contributed by atoms with Gasteiger partial charge in [-0.05, 0) is 48.5 Å². The van der Waals surface area contributed by atoms with Crippen LogP contribution in [0.5, 0.6) is 28.7 Å². The Kier molecular flexibility index (Phi) is 8.17. The van der Waals surface area contributed by atoms with Crippen LogP contribution in [-0.2, 0) is 0 Å². The van der Waals surface area contributed by atoms with Gasteiger partial charge in [-0.2, -0.15) is 0 Å². The summed E-state index contributed by atoms with van der Waals surface area (Å²) in [7, 11) is 4.56. The van der Waals surface area contributed by atoms with Crippen LogP contribution in [0.15, 0.2) is 60.7 Å². The minimum Gasteiger partial charge on any atom is -0.507 e. The molecular formula is C25H26N2O7. The first-order chi connectivity index (χ1) is 16.4. The van der Waals surface area contributed by atoms with Crippen LogP contribution in [0.1, 0.15) is 20.7 Å². The first-order valence-corrected chi connectivity index (χ1v) is 10.4. The lowest BCUT2D eigenvalue weighted by atomic mass is 10.1. The van der Waals surface area contributed by atoms with E-state index in [0.29, 0.717) is 28.5 Å². The fourth-order valence-corrected chi connectivity index (χ4v) is 3.04. The van der Waals surface area contributed by atoms with Crippen molar-refractivity contribution >= 4 is 17.5 Å². The molecule has 3 aromatic rings. The highest BCUT2D eigenvalue weighted by Gasteiger charge is 2.14. The molecule has 0 bridgehead atoms. The number of hydrogen-bond donors (Lipinski definition) is 3. The summed E-state index contributed by atoms with van der Waals surface area (Å²) in [5.74, 6) is 1.14. The van der Waals surface area contributed by atoms with Crippen molar-refractivity contribution in [2.24, 2.45) is 0 Å². The summed E-state index contributed by atoms with van der Waals surface area (Å²) in [6.45, 7) is 0.484. The van der Waals surface area contributed by atoms with Gasteiger partial charge in [-0.15, -0.1) is 0 Å². The van der Waals surface area contributed by atoms with Crippen molar-refractivity contribution in [1.82, 2.24) is 5.32 Å². The molecule has 9 heteroatoms. The van der Waals surface area contributed by atoms with Crippen LogP contribution >= 0.6 is 0 Å². The van der Waals surface area contributed by atoms with Gasteiger partial charge in [0.15, 0.2) is 0 Å². The number of ether oxygens (including phenoxy) is 4. The topological polar surface area (TPSA) is 115 Å². The van der Waals surface area contributed by atoms with E-state index < -0.39 is 11.8 Å². The number of amides is 2. The number of benzene rings is 3. The number of anilines is 1. The molecule has 178 valence electrons. The Morgan fingerprint density at radius 3 is 1.97 bits per heavy atom. The van der Waals surface area contributed by atoms with Gasteiger partial charge in [0.25, 0.3) is 11.8 Å². The summed E-state index contributed by atoms with van der Waals surface area (Å²) in [6, 6.07) is 16.1. The second-order valence-corrected chi connectivity index (χ2v) is 7.07. The van der Waals surface area contributed by atoms with Gasteiger partial charge in [-0.25, -0.2) is 0 Å². The lowest BCUT2D eigenvalue weighted by molar-refractivity contribution is 0.0944. The predicted molar refractivity (Wildman–Crippen MR) is 126 cm³/mol. The molecule has 0 spiro atoms. The van der Waals surface area contributed by atoms with Gasteiger partial charge in [-0.1, -0.05) is 0 Å². The fourth-order valence-electron chi connectivity index (χ4n) is 3.04. The maximum absolute atomic E-state index is 12.6. The van der Waals surface area contributed by atoms with Crippen LogP contribution in [-0.4, -0.2) is 51.4 Å². The van der Waals surface area contributed by atoms with Crippen molar-refractivity contribution in [2.75, 3.05) is 39.8 Å². The number of carbonyl (C=O) groups excluding carboxylic acids is 2. The molecule has 34 heavy (non-hydrogen) atoms. The van der Waals surface area contributed by atoms with Crippen molar-refractivity contribution in [3.8, 4) is 28.7 Å². The Balaban J connectivity index is 1.55. The number of carbonyl (C=O) groups is 2. The van der Waals surface area contributed by atoms with E-state index in [0.717, 1.165) is 5.75 Å². The third-order valence-electron chi connectivity index (χ3n) is 4.83. The first kappa shape index (κ1) is 24.2. The standard InChI is InChI=1S/C25H26N2O7/c1-31-18-5-7-19(8-6-18)34-11-10-26-25(30)22-9-4-17(14-23(22)28)27-24(29)16-12-20(32-2)15-21(13-16)33-3/h4-9,12-15,28H,10-11H2,1-3H3,(H,26,30)(H,27,29). The molecule has 3 N–H and O–H groups in total. The van der Waals surface area contributed by atoms with E-state index in [1.54, 1.807) is 49.6 Å². The lowest BCUT2D eigenvalue weighted by Gasteiger charge is -2.11. The van der Waals surface area contributed by atoms with Gasteiger partial charge < -0.3 is 34.7 Å². The third-order valence-corrected chi connectivity index (χ3v) is 4.83. The molecule has 2 amide bonds. The molecule has 0 fully saturated rings. The smallest absolute Gasteiger partial charge is 0.255 e. The highest BCUT2D eigenvalue weighted by Crippen LogP contribution is 2.25. The number of phenols is 1. The van der Waals surface area contributed by atoms with Gasteiger partial charge in [0.2, 0.25) is 0 Å². The van der Waals surface area contributed by atoms with Gasteiger partial charge in [-0.3, -0.25) is 9.59 Å². The molecular weight excluding hydrogens is 440 g/mol. The molecule has 0 heterocycles. The lowest BCUT2D eigenvalue weighted by Crippen LogP contribution is -2.28. The van der Waals surface area contributed by atoms with E-state index in [1.165, 1.54) is 32.4 Å². The Bertz CT molecular complexity index is 1120. The van der Waals surface area contributed by atoms with E-state index in [2.05, 4.69) is 10.6 Å². The Morgan fingerprint density at radius 2 is 1.38 bits per heavy atom. The predicted octanol–water partition coefficient (Wildman–Crippen LogP) is 3.48. The molecule has 0 aliphatic heterocycles. The molecule has 0 unspecified atom stereocenters. The number of rotatable bonds is 10. The minimum atomic E-state index is -0.466. The average molecular weight is 466 g/mol. The van der Waals surface area contributed by atoms with Crippen molar-refractivity contribution in [3.05, 3.63) is 71.8 Å². The normalized spacial score (nSPS) is 10.2. The Hall–Kier alpha value is -4.40. The van der Waals surface area contributed by atoms with Crippen LogP contribution in [0.4, 0.5) is 5.69 Å². The average Bonchev–Trinajstić information content (AvgIpc) is 2.86. The highest BCUT2D eigenvalue weighted by molar-refractivity contribution is 6.05. The number of phenolic OH excluding ortho intramolecular Hbond substituents is 1. The molecule has 0 aromatic heterocycles. The van der Waals surface area contributed by atoms with Gasteiger partial charge >= 0.3 is 0 Å². The van der Waals surface area contributed by atoms with E-state index in [1.807, 2.05) is 0 Å². The molecule has 3 aromatic carbocycles. The van der Waals surface area contributed by atoms with Crippen LogP contribution in [0.25, 0.3) is 0 Å². The van der Waals surface area contributed by atoms with Crippen LogP contribution in [0.3, 0.4) is 0 Å². The first-order valence-electron chi connectivity index (χ1n) is 10.4. The summed E-state index contributed by atoms with van der Waals surface area (Å²) in [4.78, 5) is 25.0. The van der Waals surface area contributed by atoms with E-state index in [9.17, 15) is 14.7 Å². The van der Waals surface area contributed by atoms with Crippen molar-refractivity contribution < 1.29 is 33.6 Å². The number of hydrogen-bond acceptors (Lipinski definition) is 7. The Morgan fingerprint density at radius 1 is 0.765 bits per heavy atom. The number of nitrogens with one attached hydrogen (secondary N) is 2. The third kappa shape index (κ3) is 6.32. The zero-order valence-electron chi connectivity index (χ0n) is 19.1. The van der Waals surface area contributed by atoms with E-state index >= 15 is 0 Å². The SMILES string of the molecule is COc1ccc(OCCNC(=O)c2ccc(NC(=O)c3cc(OC)cc(OC)c3)cc2O)cc1. The van der Waals surface area contributed by atoms with E-state index in [-0.39, 0.29) is 24.5 Å². The molecule has 0 aliphatic rings. The zero-order chi connectivity index (χ0) is 24.5. The number of methoxy groups -OCH3 is 3. The highest BCUT2D eigenvalue weighted by atomic mass is 16.5. The Labute approximate surface area is 197 Å². The van der Waals surface area contributed by atoms with Gasteiger partial charge in [0.1, 0.15) is 35.4 Å². The minimum absolute atomic E-state index is 0.0745. The van der Waals surface area contributed by atoms with Crippen molar-refractivity contribution in [1.29, 1.82) is 0 Å². The summed E-state index contributed by atoms with van der Waals surface area (Å²) < 4.78 is 21.0. The maximum Gasteiger partial charge on any atom is 0.255 e. The molecule has 0 atom stereocenters. The second-order valence-electron chi connectivity index (χ2n) is 7.07. The monoisotopic (exact) mass is 466 g/mol. The number of aromatic hydroxyl groups is 1. The fraction of sp³-hybridized carbons (Fsp3) is 0.200. The summed E-state index contributed by atoms with van der Waals surface area (Å²) in [6.07, 6.45) is 0. The quantitative estimate of drug-likeness (QED) is 0.392. The molecule has 0 radical (unpaired) electrons. The van der Waals surface area contributed by atoms with Gasteiger partial charge in [0, 0.05) is 23.4 Å². The molecule has 0 saturated heterocycles. The summed E-state index contributed by atoms with van der Waals surface area (Å²) in [5, 5.41) is 15.7. The summed E-state index contributed by atoms with van der Waals surface area (Å²) >= 11 is 0. The molecule has 9 nitrogen and oxygen atoms in total. The van der Waals surface area contributed by atoms with Crippen molar-refractivity contribution in [2.45, 2.75) is 0 Å². The molecule has 3 rings (SSSR count).